The number of piperidine rings is 1. The van der Waals surface area contributed by atoms with Crippen molar-refractivity contribution in [2.75, 3.05) is 56.6 Å². The second-order valence-corrected chi connectivity index (χ2v) is 12.4. The van der Waals surface area contributed by atoms with Crippen LogP contribution in [0.15, 0.2) is 53.8 Å². The maximum atomic E-state index is 12.5. The number of aliphatic imine (C=N–C) groups is 1. The minimum atomic E-state index is -0.263. The molecule has 0 radical (unpaired) electrons. The number of fused-ring (bicyclic) bond motifs is 1. The van der Waals surface area contributed by atoms with Crippen molar-refractivity contribution in [3.63, 3.8) is 0 Å². The lowest BCUT2D eigenvalue weighted by molar-refractivity contribution is -0.111. The molecular formula is C33H46N10O2. The topological polar surface area (TPSA) is 114 Å². The first-order valence-electron chi connectivity index (χ1n) is 16.0. The van der Waals surface area contributed by atoms with Gasteiger partial charge in [0.05, 0.1) is 30.4 Å². The maximum Gasteiger partial charge on any atom is 0.247 e. The van der Waals surface area contributed by atoms with Gasteiger partial charge >= 0.3 is 0 Å². The number of hydrazine groups is 2. The summed E-state index contributed by atoms with van der Waals surface area (Å²) in [6.45, 7) is 14.6. The third kappa shape index (κ3) is 6.77. The van der Waals surface area contributed by atoms with E-state index in [-0.39, 0.29) is 11.8 Å². The van der Waals surface area contributed by atoms with Crippen LogP contribution in [0.2, 0.25) is 0 Å². The fraction of sp³-hybridized carbons (Fsp3) is 0.485. The van der Waals surface area contributed by atoms with E-state index in [0.29, 0.717) is 35.0 Å². The van der Waals surface area contributed by atoms with Crippen LogP contribution in [0.5, 0.6) is 5.75 Å². The molecule has 1 aromatic heterocycles. The van der Waals surface area contributed by atoms with Gasteiger partial charge in [-0.2, -0.15) is 5.10 Å². The molecule has 0 saturated carbocycles. The number of piperazine rings is 1. The SMILES string of the molecule is C=CC(=O)Nc1cc(N=C2C=C(C3C=Cc4c(cnn4C)C3)NNN2)c(OC)cc1N1CCC(N2CCN(C(C)C)CC2)CC1. The van der Waals surface area contributed by atoms with Crippen LogP contribution in [0, 0.1) is 5.92 Å². The number of carbonyl (C=O) groups excluding carboxylic acids is 1. The van der Waals surface area contributed by atoms with Crippen molar-refractivity contribution in [3.8, 4) is 5.75 Å². The molecule has 240 valence electrons. The zero-order chi connectivity index (χ0) is 31.5. The van der Waals surface area contributed by atoms with E-state index in [1.54, 1.807) is 7.11 Å². The van der Waals surface area contributed by atoms with Crippen LogP contribution in [0.3, 0.4) is 0 Å². The number of anilines is 2. The highest BCUT2D eigenvalue weighted by Gasteiger charge is 2.30. The Labute approximate surface area is 265 Å². The number of ether oxygens (including phenoxy) is 1. The van der Waals surface area contributed by atoms with Gasteiger partial charge in [-0.3, -0.25) is 24.7 Å². The molecule has 0 spiro atoms. The Balaban J connectivity index is 1.21. The maximum absolute atomic E-state index is 12.5. The first kappa shape index (κ1) is 30.9. The zero-order valence-electron chi connectivity index (χ0n) is 26.8. The molecular weight excluding hydrogens is 568 g/mol. The Hall–Kier alpha value is -4.13. The van der Waals surface area contributed by atoms with E-state index in [4.69, 9.17) is 9.73 Å². The summed E-state index contributed by atoms with van der Waals surface area (Å²) >= 11 is 0. The fourth-order valence-electron chi connectivity index (χ4n) is 6.81. The molecule has 12 nitrogen and oxygen atoms in total. The largest absolute Gasteiger partial charge is 0.494 e. The molecule has 1 aliphatic carbocycles. The zero-order valence-corrected chi connectivity index (χ0v) is 26.8. The van der Waals surface area contributed by atoms with Crippen LogP contribution in [0.4, 0.5) is 17.1 Å². The van der Waals surface area contributed by atoms with E-state index < -0.39 is 0 Å². The Morgan fingerprint density at radius 2 is 1.93 bits per heavy atom. The summed E-state index contributed by atoms with van der Waals surface area (Å²) in [4.78, 5) is 25.0. The molecule has 1 unspecified atom stereocenters. The third-order valence-electron chi connectivity index (χ3n) is 9.46. The average Bonchev–Trinajstić information content (AvgIpc) is 3.44. The second-order valence-electron chi connectivity index (χ2n) is 12.4. The Morgan fingerprint density at radius 3 is 2.64 bits per heavy atom. The van der Waals surface area contributed by atoms with Gasteiger partial charge in [-0.15, -0.1) is 5.53 Å². The van der Waals surface area contributed by atoms with E-state index in [1.165, 1.54) is 11.6 Å². The predicted octanol–water partition coefficient (Wildman–Crippen LogP) is 2.96. The molecule has 4 aliphatic rings. The van der Waals surface area contributed by atoms with Crippen molar-refractivity contribution < 1.29 is 9.53 Å². The Bertz CT molecular complexity index is 1490. The van der Waals surface area contributed by atoms with Gasteiger partial charge in [-0.25, -0.2) is 4.99 Å². The van der Waals surface area contributed by atoms with E-state index in [9.17, 15) is 4.79 Å². The molecule has 1 aromatic carbocycles. The summed E-state index contributed by atoms with van der Waals surface area (Å²) < 4.78 is 7.75. The smallest absolute Gasteiger partial charge is 0.247 e. The molecule has 2 fully saturated rings. The summed E-state index contributed by atoms with van der Waals surface area (Å²) in [5.41, 5.74) is 14.9. The number of hydrogen-bond donors (Lipinski definition) is 4. The lowest BCUT2D eigenvalue weighted by atomic mass is 9.91. The van der Waals surface area contributed by atoms with Crippen LogP contribution < -0.4 is 31.3 Å². The van der Waals surface area contributed by atoms with Crippen molar-refractivity contribution in [3.05, 3.63) is 60.1 Å². The number of nitrogens with one attached hydrogen (secondary N) is 4. The van der Waals surface area contributed by atoms with Crippen molar-refractivity contribution in [1.29, 1.82) is 0 Å². The summed E-state index contributed by atoms with van der Waals surface area (Å²) in [6.07, 6.45) is 12.5. The normalized spacial score (nSPS) is 22.1. The summed E-state index contributed by atoms with van der Waals surface area (Å²) in [7, 11) is 3.61. The van der Waals surface area contributed by atoms with Crippen molar-refractivity contribution >= 4 is 34.9 Å². The second kappa shape index (κ2) is 13.5. The van der Waals surface area contributed by atoms with Crippen LogP contribution in [-0.4, -0.2) is 89.8 Å². The number of amidine groups is 1. The highest BCUT2D eigenvalue weighted by atomic mass is 16.5. The highest BCUT2D eigenvalue weighted by molar-refractivity contribution is 6.02. The van der Waals surface area contributed by atoms with E-state index >= 15 is 0 Å². The van der Waals surface area contributed by atoms with E-state index in [0.717, 1.165) is 75.6 Å². The fourth-order valence-corrected chi connectivity index (χ4v) is 6.81. The molecule has 3 aliphatic heterocycles. The monoisotopic (exact) mass is 614 g/mol. The van der Waals surface area contributed by atoms with Crippen LogP contribution in [0.25, 0.3) is 6.08 Å². The van der Waals surface area contributed by atoms with Gasteiger partial charge in [0.15, 0.2) is 0 Å². The van der Waals surface area contributed by atoms with E-state index in [1.807, 2.05) is 36.1 Å². The first-order chi connectivity index (χ1) is 21.8. The Kier molecular flexibility index (Phi) is 9.24. The predicted molar refractivity (Wildman–Crippen MR) is 179 cm³/mol. The molecule has 45 heavy (non-hydrogen) atoms. The number of benzene rings is 1. The molecule has 12 heteroatoms. The number of rotatable bonds is 8. The summed E-state index contributed by atoms with van der Waals surface area (Å²) in [5, 5.41) is 7.42. The molecule has 4 N–H and O–H groups in total. The van der Waals surface area contributed by atoms with Crippen molar-refractivity contribution in [1.82, 2.24) is 36.0 Å². The standard InChI is InChI=1S/C33H46N10O2/c1-6-33(44)36-27-18-28(35-32-19-26(37-39-38-32)23-7-8-29-24(17-23)21-34-40(29)4)31(45-5)20-30(27)43-11-9-25(10-12-43)42-15-13-41(14-16-42)22(2)3/h6-8,18-23,25,37,39H,1,9-17H2,2-5H3,(H,35,38)(H,36,44). The molecule has 0 bridgehead atoms. The highest BCUT2D eigenvalue weighted by Crippen LogP contribution is 2.40. The number of carbonyl (C=O) groups is 1. The van der Waals surface area contributed by atoms with Gasteiger partial charge in [0.1, 0.15) is 17.3 Å². The minimum absolute atomic E-state index is 0.148. The molecule has 6 rings (SSSR count). The van der Waals surface area contributed by atoms with Gasteiger partial charge in [0.25, 0.3) is 0 Å². The van der Waals surface area contributed by atoms with Crippen LogP contribution in [-0.2, 0) is 18.3 Å². The van der Waals surface area contributed by atoms with Crippen LogP contribution >= 0.6 is 0 Å². The Morgan fingerprint density at radius 1 is 1.16 bits per heavy atom. The molecule has 2 aromatic rings. The number of nitrogens with zero attached hydrogens (tertiary/aromatic N) is 6. The van der Waals surface area contributed by atoms with Crippen molar-refractivity contribution in [2.24, 2.45) is 18.0 Å². The number of methoxy groups -OCH3 is 1. The van der Waals surface area contributed by atoms with Gasteiger partial charge in [0, 0.05) is 82.2 Å². The summed E-state index contributed by atoms with van der Waals surface area (Å²) in [5.74, 6) is 1.14. The number of aromatic nitrogens is 2. The lowest BCUT2D eigenvalue weighted by Crippen LogP contribution is -2.54. The van der Waals surface area contributed by atoms with Gasteiger partial charge < -0.3 is 20.4 Å². The minimum Gasteiger partial charge on any atom is -0.494 e. The number of hydrogen-bond acceptors (Lipinski definition) is 9. The third-order valence-corrected chi connectivity index (χ3v) is 9.46. The van der Waals surface area contributed by atoms with Crippen molar-refractivity contribution in [2.45, 2.75) is 45.2 Å². The quantitative estimate of drug-likeness (QED) is 0.334. The molecule has 1 atom stereocenters. The van der Waals surface area contributed by atoms with Gasteiger partial charge in [-0.05, 0) is 56.9 Å². The van der Waals surface area contributed by atoms with Crippen LogP contribution in [0.1, 0.15) is 37.9 Å². The number of amides is 1. The molecule has 1 amide bonds. The number of allylic oxidation sites excluding steroid dienone is 1. The van der Waals surface area contributed by atoms with Gasteiger partial charge in [-0.1, -0.05) is 12.7 Å². The van der Waals surface area contributed by atoms with E-state index in [2.05, 4.69) is 74.1 Å². The first-order valence-corrected chi connectivity index (χ1v) is 16.0. The molecule has 2 saturated heterocycles. The van der Waals surface area contributed by atoms with Gasteiger partial charge in [0.2, 0.25) is 5.91 Å². The number of aryl methyl sites for hydroxylation is 1. The lowest BCUT2D eigenvalue weighted by Gasteiger charge is -2.44. The summed E-state index contributed by atoms with van der Waals surface area (Å²) in [6, 6.07) is 5.07. The average molecular weight is 615 g/mol. The molecule has 4 heterocycles.